The molecular formula is C16H31BrN2O3. The van der Waals surface area contributed by atoms with Crippen molar-refractivity contribution in [2.45, 2.75) is 82.2 Å². The van der Waals surface area contributed by atoms with Crippen LogP contribution in [0.4, 0.5) is 0 Å². The van der Waals surface area contributed by atoms with E-state index in [2.05, 4.69) is 26.8 Å². The van der Waals surface area contributed by atoms with Crippen LogP contribution in [0.25, 0.3) is 0 Å². The minimum absolute atomic E-state index is 0.112. The van der Waals surface area contributed by atoms with Crippen LogP contribution in [0.5, 0.6) is 0 Å². The normalized spacial score (nSPS) is 36.3. The molecule has 2 fully saturated rings. The Kier molecular flexibility index (Phi) is 6.69. The molecule has 0 aromatic rings. The number of hydrogen-bond acceptors (Lipinski definition) is 5. The maximum atomic E-state index is 10.2. The highest BCUT2D eigenvalue weighted by Gasteiger charge is 2.36. The summed E-state index contributed by atoms with van der Waals surface area (Å²) >= 11 is 3.69. The number of halogens is 1. The van der Waals surface area contributed by atoms with E-state index in [1.54, 1.807) is 0 Å². The van der Waals surface area contributed by atoms with Gasteiger partial charge in [0.15, 0.2) is 6.29 Å². The Morgan fingerprint density at radius 1 is 1.14 bits per heavy atom. The summed E-state index contributed by atoms with van der Waals surface area (Å²) in [5, 5.41) is 20.2. The lowest BCUT2D eigenvalue weighted by atomic mass is 9.82. The molecule has 2 aliphatic rings. The fourth-order valence-electron chi connectivity index (χ4n) is 3.14. The molecule has 0 spiro atoms. The standard InChI is InChI=1S/C16H31BrN2O3/c1-16(2,3)14(20)9-22-15(21)13-8-12(18-19-13)10-4-6-11(17)7-5-10/h10-15,18-21H,4-9H2,1-3H3. The van der Waals surface area contributed by atoms with Crippen LogP contribution in [0.3, 0.4) is 0 Å². The highest BCUT2D eigenvalue weighted by Crippen LogP contribution is 2.33. The summed E-state index contributed by atoms with van der Waals surface area (Å²) in [6.45, 7) is 6.03. The Hall–Kier alpha value is 0.280. The van der Waals surface area contributed by atoms with Gasteiger partial charge < -0.3 is 14.9 Å². The predicted molar refractivity (Wildman–Crippen MR) is 90.6 cm³/mol. The smallest absolute Gasteiger partial charge is 0.171 e. The van der Waals surface area contributed by atoms with Crippen molar-refractivity contribution in [1.29, 1.82) is 0 Å². The van der Waals surface area contributed by atoms with Crippen molar-refractivity contribution in [2.24, 2.45) is 11.3 Å². The first kappa shape index (κ1) is 18.6. The summed E-state index contributed by atoms with van der Waals surface area (Å²) < 4.78 is 5.46. The van der Waals surface area contributed by atoms with Crippen molar-refractivity contribution in [2.75, 3.05) is 6.61 Å². The maximum Gasteiger partial charge on any atom is 0.171 e. The average Bonchev–Trinajstić information content (AvgIpc) is 2.94. The predicted octanol–water partition coefficient (Wildman–Crippen LogP) is 1.92. The van der Waals surface area contributed by atoms with Gasteiger partial charge in [-0.25, -0.2) is 5.43 Å². The van der Waals surface area contributed by atoms with E-state index in [1.807, 2.05) is 20.8 Å². The molecule has 0 aromatic carbocycles. The molecule has 1 aliphatic heterocycles. The molecule has 6 heteroatoms. The van der Waals surface area contributed by atoms with Gasteiger partial charge in [0, 0.05) is 10.9 Å². The first-order valence-electron chi connectivity index (χ1n) is 8.40. The van der Waals surface area contributed by atoms with Crippen LogP contribution in [-0.4, -0.2) is 46.1 Å². The number of ether oxygens (including phenoxy) is 1. The van der Waals surface area contributed by atoms with E-state index in [9.17, 15) is 10.2 Å². The van der Waals surface area contributed by atoms with Crippen molar-refractivity contribution in [1.82, 2.24) is 10.9 Å². The van der Waals surface area contributed by atoms with Crippen LogP contribution in [0.2, 0.25) is 0 Å². The Balaban J connectivity index is 1.73. The molecule has 5 nitrogen and oxygen atoms in total. The summed E-state index contributed by atoms with van der Waals surface area (Å²) in [6, 6.07) is 0.287. The Morgan fingerprint density at radius 2 is 1.77 bits per heavy atom. The SMILES string of the molecule is CC(C)(C)C(O)COC(O)C1CC(C2CCC(Br)CC2)NN1. The molecule has 1 aliphatic carbocycles. The lowest BCUT2D eigenvalue weighted by molar-refractivity contribution is -0.148. The number of hydrogen-bond donors (Lipinski definition) is 4. The molecule has 4 N–H and O–H groups in total. The quantitative estimate of drug-likeness (QED) is 0.434. The van der Waals surface area contributed by atoms with Crippen molar-refractivity contribution in [3.05, 3.63) is 0 Å². The van der Waals surface area contributed by atoms with Crippen molar-refractivity contribution < 1.29 is 14.9 Å². The number of nitrogens with one attached hydrogen (secondary N) is 2. The molecule has 4 unspecified atom stereocenters. The molecule has 0 radical (unpaired) electrons. The van der Waals surface area contributed by atoms with Gasteiger partial charge in [-0.15, -0.1) is 0 Å². The summed E-state index contributed by atoms with van der Waals surface area (Å²) in [5.41, 5.74) is 6.24. The maximum absolute atomic E-state index is 10.2. The molecule has 1 saturated heterocycles. The second-order valence-corrected chi connectivity index (χ2v) is 9.15. The van der Waals surface area contributed by atoms with E-state index in [1.165, 1.54) is 25.7 Å². The van der Waals surface area contributed by atoms with E-state index in [0.29, 0.717) is 16.8 Å². The fourth-order valence-corrected chi connectivity index (χ4v) is 3.67. The topological polar surface area (TPSA) is 73.8 Å². The minimum atomic E-state index is -0.887. The molecule has 0 bridgehead atoms. The molecular weight excluding hydrogens is 348 g/mol. The highest BCUT2D eigenvalue weighted by molar-refractivity contribution is 9.09. The summed E-state index contributed by atoms with van der Waals surface area (Å²) in [5.74, 6) is 0.665. The number of aliphatic hydroxyl groups is 2. The number of alkyl halides is 1. The first-order valence-corrected chi connectivity index (χ1v) is 9.32. The third-order valence-corrected chi connectivity index (χ3v) is 5.92. The van der Waals surface area contributed by atoms with Gasteiger partial charge >= 0.3 is 0 Å². The Morgan fingerprint density at radius 3 is 2.36 bits per heavy atom. The molecule has 0 aromatic heterocycles. The van der Waals surface area contributed by atoms with Crippen LogP contribution in [-0.2, 0) is 4.74 Å². The van der Waals surface area contributed by atoms with Gasteiger partial charge in [-0.3, -0.25) is 5.43 Å². The van der Waals surface area contributed by atoms with Crippen LogP contribution < -0.4 is 10.9 Å². The van der Waals surface area contributed by atoms with Gasteiger partial charge in [0.2, 0.25) is 0 Å². The van der Waals surface area contributed by atoms with Crippen LogP contribution in [0.1, 0.15) is 52.9 Å². The van der Waals surface area contributed by atoms with Crippen LogP contribution >= 0.6 is 15.9 Å². The molecule has 0 amide bonds. The van der Waals surface area contributed by atoms with Gasteiger partial charge in [0.25, 0.3) is 0 Å². The van der Waals surface area contributed by atoms with Gasteiger partial charge in [0.05, 0.1) is 18.8 Å². The van der Waals surface area contributed by atoms with Gasteiger partial charge in [0.1, 0.15) is 0 Å². The van der Waals surface area contributed by atoms with Gasteiger partial charge in [-0.2, -0.15) is 0 Å². The lowest BCUT2D eigenvalue weighted by Gasteiger charge is -2.29. The largest absolute Gasteiger partial charge is 0.390 e. The van der Waals surface area contributed by atoms with Crippen LogP contribution in [0, 0.1) is 11.3 Å². The highest BCUT2D eigenvalue weighted by atomic mass is 79.9. The number of aliphatic hydroxyl groups excluding tert-OH is 2. The minimum Gasteiger partial charge on any atom is -0.390 e. The fraction of sp³-hybridized carbons (Fsp3) is 1.00. The molecule has 22 heavy (non-hydrogen) atoms. The van der Waals surface area contributed by atoms with Crippen molar-refractivity contribution in [3.63, 3.8) is 0 Å². The Bertz CT molecular complexity index is 343. The molecule has 4 atom stereocenters. The summed E-state index contributed by atoms with van der Waals surface area (Å²) in [4.78, 5) is 0.668. The van der Waals surface area contributed by atoms with E-state index in [4.69, 9.17) is 4.74 Å². The third-order valence-electron chi connectivity index (χ3n) is 5.00. The first-order chi connectivity index (χ1) is 10.3. The van der Waals surface area contributed by atoms with Crippen LogP contribution in [0.15, 0.2) is 0 Å². The monoisotopic (exact) mass is 378 g/mol. The van der Waals surface area contributed by atoms with E-state index >= 15 is 0 Å². The average molecular weight is 379 g/mol. The zero-order valence-electron chi connectivity index (χ0n) is 13.9. The molecule has 1 heterocycles. The van der Waals surface area contributed by atoms with Gasteiger partial charge in [-0.05, 0) is 43.4 Å². The lowest BCUT2D eigenvalue weighted by Crippen LogP contribution is -2.43. The zero-order chi connectivity index (χ0) is 16.3. The third kappa shape index (κ3) is 5.14. The summed E-state index contributed by atoms with van der Waals surface area (Å²) in [7, 11) is 0. The summed E-state index contributed by atoms with van der Waals surface area (Å²) in [6.07, 6.45) is 4.30. The van der Waals surface area contributed by atoms with Crippen molar-refractivity contribution >= 4 is 15.9 Å². The number of rotatable bonds is 5. The van der Waals surface area contributed by atoms with Gasteiger partial charge in [-0.1, -0.05) is 36.7 Å². The van der Waals surface area contributed by atoms with E-state index in [0.717, 1.165) is 6.42 Å². The second kappa shape index (κ2) is 7.90. The molecule has 2 rings (SSSR count). The van der Waals surface area contributed by atoms with E-state index in [-0.39, 0.29) is 18.1 Å². The zero-order valence-corrected chi connectivity index (χ0v) is 15.5. The second-order valence-electron chi connectivity index (χ2n) is 7.86. The van der Waals surface area contributed by atoms with E-state index < -0.39 is 12.4 Å². The number of hydrazine groups is 1. The molecule has 1 saturated carbocycles. The molecule has 130 valence electrons. The van der Waals surface area contributed by atoms with Crippen molar-refractivity contribution in [3.8, 4) is 0 Å². The Labute approximate surface area is 142 Å².